The Hall–Kier alpha value is -1.77. The predicted octanol–water partition coefficient (Wildman–Crippen LogP) is 7.89. The first kappa shape index (κ1) is 23.5. The topological polar surface area (TPSA) is 31.4 Å². The fourth-order valence-electron chi connectivity index (χ4n) is 4.07. The number of hydrogen-bond acceptors (Lipinski definition) is 3. The van der Waals surface area contributed by atoms with E-state index in [9.17, 15) is 0 Å². The van der Waals surface area contributed by atoms with Crippen LogP contribution in [0, 0.1) is 0 Å². The van der Waals surface area contributed by atoms with Gasteiger partial charge in [-0.3, -0.25) is 4.98 Å². The molecule has 0 atom stereocenters. The van der Waals surface area contributed by atoms with Gasteiger partial charge in [0.05, 0.1) is 14.2 Å². The number of unbranched alkanes of at least 4 members (excludes halogenated alkanes) is 12. The first-order valence-electron chi connectivity index (χ1n) is 11.8. The van der Waals surface area contributed by atoms with Crippen LogP contribution in [-0.2, 0) is 6.42 Å². The van der Waals surface area contributed by atoms with Crippen molar-refractivity contribution in [1.29, 1.82) is 0 Å². The lowest BCUT2D eigenvalue weighted by molar-refractivity contribution is 0.356. The second-order valence-corrected chi connectivity index (χ2v) is 8.18. The van der Waals surface area contributed by atoms with E-state index in [4.69, 9.17) is 9.47 Å². The van der Waals surface area contributed by atoms with E-state index >= 15 is 0 Å². The highest BCUT2D eigenvalue weighted by Gasteiger charge is 2.09. The van der Waals surface area contributed by atoms with Gasteiger partial charge in [0.2, 0.25) is 0 Å². The van der Waals surface area contributed by atoms with Gasteiger partial charge in [0.1, 0.15) is 0 Å². The molecule has 1 aromatic heterocycles. The summed E-state index contributed by atoms with van der Waals surface area (Å²) < 4.78 is 10.9. The summed E-state index contributed by atoms with van der Waals surface area (Å²) in [5.41, 5.74) is 1.17. The van der Waals surface area contributed by atoms with E-state index in [1.807, 2.05) is 18.3 Å². The Labute approximate surface area is 178 Å². The summed E-state index contributed by atoms with van der Waals surface area (Å²) in [6.45, 7) is 2.28. The molecule has 2 aromatic rings. The molecule has 0 unspecified atom stereocenters. The van der Waals surface area contributed by atoms with Gasteiger partial charge in [-0.2, -0.15) is 0 Å². The molecule has 0 radical (unpaired) electrons. The van der Waals surface area contributed by atoms with Gasteiger partial charge in [-0.25, -0.2) is 0 Å². The zero-order valence-electron chi connectivity index (χ0n) is 19.0. The molecule has 3 heteroatoms. The zero-order valence-corrected chi connectivity index (χ0v) is 19.0. The summed E-state index contributed by atoms with van der Waals surface area (Å²) in [5, 5.41) is 2.35. The molecule has 162 valence electrons. The standard InChI is InChI=1S/C26H41NO2/c1-4-5-6-7-8-9-10-11-12-13-14-15-16-17-24-23-21-26(29-3)25(28-2)20-22(23)18-19-27-24/h18-21H,4-17H2,1-3H3. The molecule has 1 aromatic carbocycles. The average molecular weight is 400 g/mol. The van der Waals surface area contributed by atoms with Gasteiger partial charge < -0.3 is 9.47 Å². The first-order valence-corrected chi connectivity index (χ1v) is 11.8. The second-order valence-electron chi connectivity index (χ2n) is 8.18. The molecule has 0 aliphatic carbocycles. The van der Waals surface area contributed by atoms with E-state index in [1.54, 1.807) is 14.2 Å². The van der Waals surface area contributed by atoms with Gasteiger partial charge in [0, 0.05) is 17.3 Å². The van der Waals surface area contributed by atoms with Crippen molar-refractivity contribution in [2.45, 2.75) is 96.8 Å². The van der Waals surface area contributed by atoms with Crippen LogP contribution in [0.1, 0.15) is 96.1 Å². The van der Waals surface area contributed by atoms with E-state index in [0.717, 1.165) is 17.9 Å². The number of pyridine rings is 1. The van der Waals surface area contributed by atoms with Crippen molar-refractivity contribution in [2.75, 3.05) is 14.2 Å². The first-order chi connectivity index (χ1) is 14.3. The van der Waals surface area contributed by atoms with Crippen molar-refractivity contribution in [1.82, 2.24) is 4.98 Å². The lowest BCUT2D eigenvalue weighted by Gasteiger charge is -2.11. The monoisotopic (exact) mass is 399 g/mol. The van der Waals surface area contributed by atoms with E-state index < -0.39 is 0 Å². The Balaban J connectivity index is 1.62. The van der Waals surface area contributed by atoms with Crippen molar-refractivity contribution in [3.8, 4) is 11.5 Å². The molecule has 0 aliphatic rings. The third kappa shape index (κ3) is 8.24. The molecule has 0 bridgehead atoms. The Morgan fingerprint density at radius 2 is 1.21 bits per heavy atom. The summed E-state index contributed by atoms with van der Waals surface area (Å²) >= 11 is 0. The molecule has 0 fully saturated rings. The molecule has 0 spiro atoms. The average Bonchev–Trinajstić information content (AvgIpc) is 2.76. The maximum atomic E-state index is 5.47. The van der Waals surface area contributed by atoms with Gasteiger partial charge in [0.15, 0.2) is 11.5 Å². The van der Waals surface area contributed by atoms with Gasteiger partial charge in [-0.05, 0) is 36.4 Å². The third-order valence-electron chi connectivity index (χ3n) is 5.87. The SMILES string of the molecule is CCCCCCCCCCCCCCCc1nccc2cc(OC)c(OC)cc12. The van der Waals surface area contributed by atoms with Crippen molar-refractivity contribution in [2.24, 2.45) is 0 Å². The molecule has 0 saturated carbocycles. The molecule has 1 heterocycles. The summed E-state index contributed by atoms with van der Waals surface area (Å²) in [6.07, 6.45) is 20.9. The molecule has 2 rings (SSSR count). The number of fused-ring (bicyclic) bond motifs is 1. The normalized spacial score (nSPS) is 11.1. The number of ether oxygens (including phenoxy) is 2. The number of aromatic nitrogens is 1. The maximum Gasteiger partial charge on any atom is 0.161 e. The number of aryl methyl sites for hydroxylation is 1. The molecule has 0 aliphatic heterocycles. The predicted molar refractivity (Wildman–Crippen MR) is 124 cm³/mol. The quantitative estimate of drug-likeness (QED) is 0.269. The van der Waals surface area contributed by atoms with Crippen molar-refractivity contribution >= 4 is 10.8 Å². The largest absolute Gasteiger partial charge is 0.493 e. The van der Waals surface area contributed by atoms with Crippen LogP contribution in [0.25, 0.3) is 10.8 Å². The molecule has 0 N–H and O–H groups in total. The fraction of sp³-hybridized carbons (Fsp3) is 0.654. The van der Waals surface area contributed by atoms with E-state index in [2.05, 4.69) is 18.0 Å². The number of methoxy groups -OCH3 is 2. The van der Waals surface area contributed by atoms with Crippen LogP contribution in [-0.4, -0.2) is 19.2 Å². The molecular weight excluding hydrogens is 358 g/mol. The Kier molecular flexibility index (Phi) is 11.6. The highest BCUT2D eigenvalue weighted by Crippen LogP contribution is 2.33. The summed E-state index contributed by atoms with van der Waals surface area (Å²) in [5.74, 6) is 1.55. The fourth-order valence-corrected chi connectivity index (χ4v) is 4.07. The minimum Gasteiger partial charge on any atom is -0.493 e. The number of hydrogen-bond donors (Lipinski definition) is 0. The lowest BCUT2D eigenvalue weighted by Crippen LogP contribution is -1.95. The molecule has 3 nitrogen and oxygen atoms in total. The van der Waals surface area contributed by atoms with Crippen molar-refractivity contribution in [3.05, 3.63) is 30.1 Å². The number of nitrogens with zero attached hydrogens (tertiary/aromatic N) is 1. The van der Waals surface area contributed by atoms with Gasteiger partial charge in [-0.15, -0.1) is 0 Å². The zero-order chi connectivity index (χ0) is 20.7. The number of rotatable bonds is 16. The minimum absolute atomic E-state index is 0.776. The lowest BCUT2D eigenvalue weighted by atomic mass is 10.0. The molecule has 29 heavy (non-hydrogen) atoms. The Morgan fingerprint density at radius 3 is 1.76 bits per heavy atom. The highest BCUT2D eigenvalue weighted by atomic mass is 16.5. The highest BCUT2D eigenvalue weighted by molar-refractivity contribution is 5.87. The van der Waals surface area contributed by atoms with Crippen LogP contribution in [0.3, 0.4) is 0 Å². The Morgan fingerprint density at radius 1 is 0.690 bits per heavy atom. The number of benzene rings is 1. The summed E-state index contributed by atoms with van der Waals surface area (Å²) in [4.78, 5) is 4.64. The minimum atomic E-state index is 0.776. The van der Waals surface area contributed by atoms with Crippen LogP contribution >= 0.6 is 0 Å². The Bertz CT molecular complexity index is 698. The second kappa shape index (κ2) is 14.3. The van der Waals surface area contributed by atoms with Crippen LogP contribution in [0.5, 0.6) is 11.5 Å². The smallest absolute Gasteiger partial charge is 0.161 e. The van der Waals surface area contributed by atoms with Crippen LogP contribution < -0.4 is 9.47 Å². The molecular formula is C26H41NO2. The summed E-state index contributed by atoms with van der Waals surface area (Å²) in [7, 11) is 3.37. The van der Waals surface area contributed by atoms with Crippen LogP contribution in [0.2, 0.25) is 0 Å². The van der Waals surface area contributed by atoms with Gasteiger partial charge in [0.25, 0.3) is 0 Å². The third-order valence-corrected chi connectivity index (χ3v) is 5.87. The van der Waals surface area contributed by atoms with E-state index in [1.165, 1.54) is 99.9 Å². The maximum absolute atomic E-state index is 5.47. The van der Waals surface area contributed by atoms with Gasteiger partial charge in [-0.1, -0.05) is 84.0 Å². The summed E-state index contributed by atoms with van der Waals surface area (Å²) in [6, 6.07) is 6.16. The molecule has 0 saturated heterocycles. The van der Waals surface area contributed by atoms with Crippen molar-refractivity contribution < 1.29 is 9.47 Å². The van der Waals surface area contributed by atoms with Crippen LogP contribution in [0.4, 0.5) is 0 Å². The van der Waals surface area contributed by atoms with E-state index in [-0.39, 0.29) is 0 Å². The van der Waals surface area contributed by atoms with Gasteiger partial charge >= 0.3 is 0 Å². The van der Waals surface area contributed by atoms with E-state index in [0.29, 0.717) is 0 Å². The molecule has 0 amide bonds. The van der Waals surface area contributed by atoms with Crippen LogP contribution in [0.15, 0.2) is 24.4 Å². The van der Waals surface area contributed by atoms with Crippen molar-refractivity contribution in [3.63, 3.8) is 0 Å².